The van der Waals surface area contributed by atoms with Crippen LogP contribution in [0, 0.1) is 5.92 Å². The number of pyridine rings is 1. The van der Waals surface area contributed by atoms with Gasteiger partial charge in [-0.1, -0.05) is 18.5 Å². The van der Waals surface area contributed by atoms with Crippen LogP contribution in [0.1, 0.15) is 32.4 Å². The van der Waals surface area contributed by atoms with Crippen LogP contribution >= 0.6 is 23.2 Å². The lowest BCUT2D eigenvalue weighted by atomic mass is 9.95. The minimum Gasteiger partial charge on any atom is -0.354 e. The number of nitrogens with zero attached hydrogens (tertiary/aromatic N) is 2. The second-order valence-electron chi connectivity index (χ2n) is 4.92. The molecule has 1 saturated heterocycles. The quantitative estimate of drug-likeness (QED) is 0.754. The van der Waals surface area contributed by atoms with Gasteiger partial charge in [0.2, 0.25) is 0 Å². The zero-order valence-corrected chi connectivity index (χ0v) is 11.8. The molecule has 2 unspecified atom stereocenters. The van der Waals surface area contributed by atoms with Crippen LogP contribution in [0.25, 0.3) is 0 Å². The lowest BCUT2D eigenvalue weighted by Crippen LogP contribution is -2.41. The van der Waals surface area contributed by atoms with Crippen molar-refractivity contribution in [3.63, 3.8) is 0 Å². The summed E-state index contributed by atoms with van der Waals surface area (Å²) in [5.41, 5.74) is 0.774. The highest BCUT2D eigenvalue weighted by Crippen LogP contribution is 2.28. The van der Waals surface area contributed by atoms with Crippen molar-refractivity contribution >= 4 is 29.0 Å². The summed E-state index contributed by atoms with van der Waals surface area (Å²) in [5.74, 6) is 2.09. The molecule has 2 atom stereocenters. The van der Waals surface area contributed by atoms with Crippen LogP contribution in [0.3, 0.4) is 0 Å². The van der Waals surface area contributed by atoms with Crippen LogP contribution in [0.2, 0.25) is 5.02 Å². The van der Waals surface area contributed by atoms with Gasteiger partial charge >= 0.3 is 0 Å². The topological polar surface area (TPSA) is 16.1 Å². The fourth-order valence-electron chi connectivity index (χ4n) is 2.33. The molecule has 17 heavy (non-hydrogen) atoms. The van der Waals surface area contributed by atoms with Crippen LogP contribution in [-0.2, 0) is 5.88 Å². The molecule has 1 aliphatic heterocycles. The Hall–Kier alpha value is -0.470. The van der Waals surface area contributed by atoms with Crippen LogP contribution in [0.5, 0.6) is 0 Å². The molecule has 0 aromatic carbocycles. The molecule has 2 rings (SSSR count). The third-order valence-corrected chi connectivity index (χ3v) is 4.04. The number of aromatic nitrogens is 1. The van der Waals surface area contributed by atoms with E-state index in [9.17, 15) is 0 Å². The first kappa shape index (κ1) is 13.0. The Kier molecular flexibility index (Phi) is 4.16. The molecule has 1 aromatic rings. The van der Waals surface area contributed by atoms with Crippen LogP contribution in [0.4, 0.5) is 5.82 Å². The van der Waals surface area contributed by atoms with Crippen molar-refractivity contribution < 1.29 is 0 Å². The molecule has 0 amide bonds. The summed E-state index contributed by atoms with van der Waals surface area (Å²) in [5, 5.41) is 0.654. The highest BCUT2D eigenvalue weighted by molar-refractivity contribution is 6.32. The zero-order chi connectivity index (χ0) is 12.4. The van der Waals surface area contributed by atoms with Gasteiger partial charge in [-0.15, -0.1) is 11.6 Å². The van der Waals surface area contributed by atoms with Gasteiger partial charge in [0, 0.05) is 12.6 Å². The van der Waals surface area contributed by atoms with Gasteiger partial charge in [0.15, 0.2) is 0 Å². The van der Waals surface area contributed by atoms with Crippen molar-refractivity contribution in [2.45, 2.75) is 38.6 Å². The van der Waals surface area contributed by atoms with E-state index in [1.165, 1.54) is 12.8 Å². The second kappa shape index (κ2) is 5.45. The highest BCUT2D eigenvalue weighted by Gasteiger charge is 2.24. The van der Waals surface area contributed by atoms with E-state index in [1.54, 1.807) is 0 Å². The summed E-state index contributed by atoms with van der Waals surface area (Å²) in [6.07, 6.45) is 2.52. The molecule has 0 radical (unpaired) electrons. The van der Waals surface area contributed by atoms with Crippen molar-refractivity contribution in [2.75, 3.05) is 11.4 Å². The summed E-state index contributed by atoms with van der Waals surface area (Å²) < 4.78 is 0. The molecule has 4 heteroatoms. The molecule has 0 spiro atoms. The Morgan fingerprint density at radius 2 is 2.12 bits per heavy atom. The predicted molar refractivity (Wildman–Crippen MR) is 74.0 cm³/mol. The number of hydrogen-bond acceptors (Lipinski definition) is 2. The molecule has 1 aliphatic rings. The Morgan fingerprint density at radius 1 is 1.35 bits per heavy atom. The summed E-state index contributed by atoms with van der Waals surface area (Å²) in [6.45, 7) is 5.61. The summed E-state index contributed by atoms with van der Waals surface area (Å²) >= 11 is 11.9. The molecule has 0 aliphatic carbocycles. The first-order valence-electron chi connectivity index (χ1n) is 6.10. The SMILES string of the molecule is CC1CCC(C)N(c2ccc(Cl)c(CCl)n2)C1. The Morgan fingerprint density at radius 3 is 2.82 bits per heavy atom. The fourth-order valence-corrected chi connectivity index (χ4v) is 2.78. The number of halogens is 2. The van der Waals surface area contributed by atoms with Gasteiger partial charge in [-0.25, -0.2) is 4.98 Å². The van der Waals surface area contributed by atoms with Gasteiger partial charge in [0.1, 0.15) is 5.82 Å². The van der Waals surface area contributed by atoms with E-state index in [-0.39, 0.29) is 0 Å². The molecule has 1 fully saturated rings. The monoisotopic (exact) mass is 272 g/mol. The minimum absolute atomic E-state index is 0.366. The van der Waals surface area contributed by atoms with Crippen molar-refractivity contribution in [3.8, 4) is 0 Å². The average molecular weight is 273 g/mol. The molecule has 0 saturated carbocycles. The molecular formula is C13H18Cl2N2. The standard InChI is InChI=1S/C13H18Cl2N2/c1-9-3-4-10(2)17(8-9)13-6-5-11(15)12(7-14)16-13/h5-6,9-10H,3-4,7-8H2,1-2H3. The molecule has 0 N–H and O–H groups in total. The third-order valence-electron chi connectivity index (χ3n) is 3.44. The number of alkyl halides is 1. The zero-order valence-electron chi connectivity index (χ0n) is 10.3. The van der Waals surface area contributed by atoms with E-state index in [4.69, 9.17) is 23.2 Å². The van der Waals surface area contributed by atoms with E-state index < -0.39 is 0 Å². The Bertz CT molecular complexity index is 395. The maximum atomic E-state index is 6.03. The summed E-state index contributed by atoms with van der Waals surface area (Å²) in [6, 6.07) is 4.43. The minimum atomic E-state index is 0.366. The predicted octanol–water partition coefficient (Wildman–Crippen LogP) is 4.10. The molecular weight excluding hydrogens is 255 g/mol. The van der Waals surface area contributed by atoms with Crippen molar-refractivity contribution in [1.29, 1.82) is 0 Å². The van der Waals surface area contributed by atoms with E-state index in [0.29, 0.717) is 16.9 Å². The van der Waals surface area contributed by atoms with Crippen molar-refractivity contribution in [2.24, 2.45) is 5.92 Å². The van der Waals surface area contributed by atoms with Gasteiger partial charge in [-0.3, -0.25) is 0 Å². The van der Waals surface area contributed by atoms with Crippen molar-refractivity contribution in [3.05, 3.63) is 22.8 Å². The van der Waals surface area contributed by atoms with E-state index in [2.05, 4.69) is 23.7 Å². The molecule has 0 bridgehead atoms. The first-order valence-corrected chi connectivity index (χ1v) is 7.01. The number of piperidine rings is 1. The van der Waals surface area contributed by atoms with Gasteiger partial charge in [0.05, 0.1) is 16.6 Å². The first-order chi connectivity index (χ1) is 8.11. The Labute approximate surface area is 113 Å². The van der Waals surface area contributed by atoms with Gasteiger partial charge in [-0.2, -0.15) is 0 Å². The van der Waals surface area contributed by atoms with E-state index in [0.717, 1.165) is 24.0 Å². The number of hydrogen-bond donors (Lipinski definition) is 0. The van der Waals surface area contributed by atoms with E-state index >= 15 is 0 Å². The maximum Gasteiger partial charge on any atom is 0.129 e. The molecule has 1 aromatic heterocycles. The van der Waals surface area contributed by atoms with Gasteiger partial charge in [0.25, 0.3) is 0 Å². The van der Waals surface area contributed by atoms with E-state index in [1.807, 2.05) is 12.1 Å². The normalized spacial score (nSPS) is 25.1. The lowest BCUT2D eigenvalue weighted by molar-refractivity contribution is 0.388. The van der Waals surface area contributed by atoms with Gasteiger partial charge < -0.3 is 4.90 Å². The van der Waals surface area contributed by atoms with Crippen LogP contribution in [-0.4, -0.2) is 17.6 Å². The highest BCUT2D eigenvalue weighted by atomic mass is 35.5. The summed E-state index contributed by atoms with van der Waals surface area (Å²) in [4.78, 5) is 6.92. The Balaban J connectivity index is 2.26. The lowest BCUT2D eigenvalue weighted by Gasteiger charge is -2.37. The number of rotatable bonds is 2. The maximum absolute atomic E-state index is 6.03. The largest absolute Gasteiger partial charge is 0.354 e. The van der Waals surface area contributed by atoms with Gasteiger partial charge in [-0.05, 0) is 37.8 Å². The van der Waals surface area contributed by atoms with Crippen LogP contribution < -0.4 is 4.90 Å². The van der Waals surface area contributed by atoms with Crippen molar-refractivity contribution in [1.82, 2.24) is 4.98 Å². The summed E-state index contributed by atoms with van der Waals surface area (Å²) in [7, 11) is 0. The van der Waals surface area contributed by atoms with Crippen LogP contribution in [0.15, 0.2) is 12.1 Å². The molecule has 2 nitrogen and oxygen atoms in total. The fraction of sp³-hybridized carbons (Fsp3) is 0.615. The third kappa shape index (κ3) is 2.86. The second-order valence-corrected chi connectivity index (χ2v) is 5.59. The average Bonchev–Trinajstić information content (AvgIpc) is 2.33. The smallest absolute Gasteiger partial charge is 0.129 e. The molecule has 94 valence electrons. The number of anilines is 1. The molecule has 2 heterocycles.